The first-order valence-corrected chi connectivity index (χ1v) is 7.46. The van der Waals surface area contributed by atoms with E-state index in [0.717, 1.165) is 31.7 Å². The molecule has 4 nitrogen and oxygen atoms in total. The fraction of sp³-hybridized carbons (Fsp3) is 0.625. The Morgan fingerprint density at radius 1 is 1.40 bits per heavy atom. The highest BCUT2D eigenvalue weighted by Crippen LogP contribution is 2.36. The molecule has 2 heterocycles. The van der Waals surface area contributed by atoms with Gasteiger partial charge in [-0.25, -0.2) is 0 Å². The van der Waals surface area contributed by atoms with Crippen LogP contribution >= 0.6 is 0 Å². The predicted octanol–water partition coefficient (Wildman–Crippen LogP) is 3.23. The van der Waals surface area contributed by atoms with Crippen LogP contribution in [0, 0.1) is 11.8 Å². The molecule has 0 spiro atoms. The number of hydrogen-bond acceptors (Lipinski definition) is 3. The number of aromatic nitrogens is 1. The number of allylic oxidation sites excluding steroid dienone is 2. The summed E-state index contributed by atoms with van der Waals surface area (Å²) in [6.45, 7) is 7.98. The Bertz CT molecular complexity index is 544. The van der Waals surface area contributed by atoms with Crippen molar-refractivity contribution >= 4 is 5.91 Å². The van der Waals surface area contributed by atoms with Crippen LogP contribution in [-0.4, -0.2) is 29.1 Å². The van der Waals surface area contributed by atoms with Gasteiger partial charge in [-0.1, -0.05) is 30.7 Å². The number of rotatable bonds is 2. The van der Waals surface area contributed by atoms with Gasteiger partial charge in [-0.05, 0) is 31.6 Å². The molecule has 1 aromatic heterocycles. The Hall–Kier alpha value is -1.58. The van der Waals surface area contributed by atoms with Crippen LogP contribution in [0.2, 0.25) is 0 Å². The van der Waals surface area contributed by atoms with E-state index in [1.54, 1.807) is 6.07 Å². The quantitative estimate of drug-likeness (QED) is 0.778. The molecule has 108 valence electrons. The van der Waals surface area contributed by atoms with Crippen LogP contribution in [0.15, 0.2) is 22.2 Å². The third-order valence-electron chi connectivity index (χ3n) is 4.53. The Labute approximate surface area is 119 Å². The van der Waals surface area contributed by atoms with Crippen molar-refractivity contribution in [3.05, 3.63) is 29.2 Å². The van der Waals surface area contributed by atoms with E-state index in [9.17, 15) is 4.79 Å². The van der Waals surface area contributed by atoms with E-state index in [0.29, 0.717) is 17.5 Å². The van der Waals surface area contributed by atoms with Crippen molar-refractivity contribution in [2.75, 3.05) is 13.1 Å². The second-order valence-electron chi connectivity index (χ2n) is 6.49. The number of hydrogen-bond donors (Lipinski definition) is 0. The summed E-state index contributed by atoms with van der Waals surface area (Å²) in [7, 11) is 0. The van der Waals surface area contributed by atoms with Gasteiger partial charge in [0.05, 0.1) is 0 Å². The van der Waals surface area contributed by atoms with Crippen molar-refractivity contribution in [2.24, 2.45) is 11.8 Å². The minimum absolute atomic E-state index is 0.0210. The van der Waals surface area contributed by atoms with Gasteiger partial charge in [-0.2, -0.15) is 0 Å². The molecule has 2 aliphatic rings. The van der Waals surface area contributed by atoms with Gasteiger partial charge in [-0.15, -0.1) is 0 Å². The van der Waals surface area contributed by atoms with Gasteiger partial charge >= 0.3 is 0 Å². The van der Waals surface area contributed by atoms with E-state index in [2.05, 4.69) is 18.2 Å². The van der Waals surface area contributed by atoms with Crippen LogP contribution < -0.4 is 0 Å². The van der Waals surface area contributed by atoms with Gasteiger partial charge in [0.25, 0.3) is 5.91 Å². The second kappa shape index (κ2) is 5.08. The lowest BCUT2D eigenvalue weighted by atomic mass is 9.83. The molecule has 0 N–H and O–H groups in total. The zero-order valence-electron chi connectivity index (χ0n) is 12.4. The second-order valence-corrected chi connectivity index (χ2v) is 6.49. The number of carbonyl (C=O) groups excluding carboxylic acids is 1. The fourth-order valence-corrected chi connectivity index (χ4v) is 3.28. The van der Waals surface area contributed by atoms with Gasteiger partial charge in [0.2, 0.25) is 0 Å². The van der Waals surface area contributed by atoms with Crippen molar-refractivity contribution in [3.8, 4) is 0 Å². The molecular formula is C16H22N2O2. The molecule has 1 fully saturated rings. The molecule has 1 aromatic rings. The summed E-state index contributed by atoms with van der Waals surface area (Å²) < 4.78 is 5.23. The maximum Gasteiger partial charge on any atom is 0.276 e. The van der Waals surface area contributed by atoms with Gasteiger partial charge < -0.3 is 9.42 Å². The average Bonchev–Trinajstić information content (AvgIpc) is 3.03. The summed E-state index contributed by atoms with van der Waals surface area (Å²) in [6, 6.07) is 1.79. The van der Waals surface area contributed by atoms with E-state index >= 15 is 0 Å². The van der Waals surface area contributed by atoms with E-state index in [1.807, 2.05) is 18.7 Å². The fourth-order valence-electron chi connectivity index (χ4n) is 3.28. The van der Waals surface area contributed by atoms with Crippen molar-refractivity contribution in [1.82, 2.24) is 10.1 Å². The topological polar surface area (TPSA) is 46.3 Å². The third kappa shape index (κ3) is 2.39. The van der Waals surface area contributed by atoms with Crippen LogP contribution in [0.5, 0.6) is 0 Å². The SMILES string of the molecule is CC1=CC[C@H]2CN(C(=O)c3cc(C(C)C)on3)C[C@H]2C1. The Kier molecular flexibility index (Phi) is 3.40. The maximum absolute atomic E-state index is 12.5. The standard InChI is InChI=1S/C16H22N2O2/c1-10(2)15-7-14(17-20-15)16(19)18-8-12-5-4-11(3)6-13(12)9-18/h4,7,10,12-13H,5-6,8-9H2,1-3H3/t12-,13+/m0/s1. The summed E-state index contributed by atoms with van der Waals surface area (Å²) in [5, 5.41) is 3.94. The maximum atomic E-state index is 12.5. The van der Waals surface area contributed by atoms with Crippen LogP contribution in [-0.2, 0) is 0 Å². The van der Waals surface area contributed by atoms with E-state index < -0.39 is 0 Å². The molecule has 1 amide bonds. The molecule has 0 aromatic carbocycles. The highest BCUT2D eigenvalue weighted by atomic mass is 16.5. The van der Waals surface area contributed by atoms with Crippen LogP contribution in [0.1, 0.15) is 55.8 Å². The smallest absolute Gasteiger partial charge is 0.276 e. The molecule has 1 aliphatic carbocycles. The van der Waals surface area contributed by atoms with Crippen LogP contribution in [0.3, 0.4) is 0 Å². The molecule has 3 rings (SSSR count). The Morgan fingerprint density at radius 3 is 2.85 bits per heavy atom. The lowest BCUT2D eigenvalue weighted by Gasteiger charge is -2.21. The zero-order chi connectivity index (χ0) is 14.3. The molecule has 0 radical (unpaired) electrons. The zero-order valence-corrected chi connectivity index (χ0v) is 12.4. The van der Waals surface area contributed by atoms with E-state index in [-0.39, 0.29) is 11.8 Å². The third-order valence-corrected chi connectivity index (χ3v) is 4.53. The monoisotopic (exact) mass is 274 g/mol. The largest absolute Gasteiger partial charge is 0.360 e. The molecule has 0 saturated carbocycles. The van der Waals surface area contributed by atoms with E-state index in [4.69, 9.17) is 4.52 Å². The number of fused-ring (bicyclic) bond motifs is 1. The molecule has 1 aliphatic heterocycles. The number of carbonyl (C=O) groups is 1. The van der Waals surface area contributed by atoms with Crippen LogP contribution in [0.25, 0.3) is 0 Å². The lowest BCUT2D eigenvalue weighted by molar-refractivity contribution is 0.0773. The average molecular weight is 274 g/mol. The van der Waals surface area contributed by atoms with Gasteiger partial charge in [-0.3, -0.25) is 4.79 Å². The molecule has 0 unspecified atom stereocenters. The first-order valence-electron chi connectivity index (χ1n) is 7.46. The first kappa shape index (κ1) is 13.4. The highest BCUT2D eigenvalue weighted by molar-refractivity contribution is 5.92. The van der Waals surface area contributed by atoms with E-state index in [1.165, 1.54) is 5.57 Å². The number of likely N-dealkylation sites (tertiary alicyclic amines) is 1. The minimum atomic E-state index is 0.0210. The Morgan fingerprint density at radius 2 is 2.15 bits per heavy atom. The summed E-state index contributed by atoms with van der Waals surface area (Å²) in [5.41, 5.74) is 1.92. The molecule has 2 atom stereocenters. The molecule has 1 saturated heterocycles. The molecular weight excluding hydrogens is 252 g/mol. The first-order chi connectivity index (χ1) is 9.54. The van der Waals surface area contributed by atoms with Gasteiger partial charge in [0, 0.05) is 25.1 Å². The minimum Gasteiger partial charge on any atom is -0.360 e. The normalized spacial score (nSPS) is 25.8. The summed E-state index contributed by atoms with van der Waals surface area (Å²) >= 11 is 0. The molecule has 4 heteroatoms. The Balaban J connectivity index is 1.70. The van der Waals surface area contributed by atoms with Crippen molar-refractivity contribution < 1.29 is 9.32 Å². The molecule has 20 heavy (non-hydrogen) atoms. The lowest BCUT2D eigenvalue weighted by Crippen LogP contribution is -2.29. The molecule has 0 bridgehead atoms. The summed E-state index contributed by atoms with van der Waals surface area (Å²) in [4.78, 5) is 14.4. The highest BCUT2D eigenvalue weighted by Gasteiger charge is 2.37. The van der Waals surface area contributed by atoms with Crippen LogP contribution in [0.4, 0.5) is 0 Å². The summed E-state index contributed by atoms with van der Waals surface area (Å²) in [5.74, 6) is 2.31. The predicted molar refractivity (Wildman–Crippen MR) is 76.5 cm³/mol. The number of amides is 1. The van der Waals surface area contributed by atoms with Crippen molar-refractivity contribution in [1.29, 1.82) is 0 Å². The van der Waals surface area contributed by atoms with Crippen molar-refractivity contribution in [2.45, 2.75) is 39.5 Å². The summed E-state index contributed by atoms with van der Waals surface area (Å²) in [6.07, 6.45) is 4.56. The van der Waals surface area contributed by atoms with Crippen molar-refractivity contribution in [3.63, 3.8) is 0 Å². The van der Waals surface area contributed by atoms with Gasteiger partial charge in [0.15, 0.2) is 5.69 Å². The van der Waals surface area contributed by atoms with Gasteiger partial charge in [0.1, 0.15) is 5.76 Å². The number of nitrogens with zero attached hydrogens (tertiary/aromatic N) is 2.